The monoisotopic (exact) mass is 383 g/mol. The van der Waals surface area contributed by atoms with Gasteiger partial charge in [-0.15, -0.1) is 0 Å². The Bertz CT molecular complexity index is 808. The van der Waals surface area contributed by atoms with E-state index in [-0.39, 0.29) is 18.6 Å². The van der Waals surface area contributed by atoms with Crippen LogP contribution in [0.25, 0.3) is 0 Å². The molecule has 1 heterocycles. The zero-order valence-electron chi connectivity index (χ0n) is 16.1. The molecule has 1 aliphatic rings. The van der Waals surface area contributed by atoms with Crippen molar-refractivity contribution in [2.75, 3.05) is 6.61 Å². The molecule has 0 aliphatic carbocycles. The normalized spacial score (nSPS) is 17.3. The van der Waals surface area contributed by atoms with Crippen molar-refractivity contribution in [3.8, 4) is 11.5 Å². The Hall–Kier alpha value is -3.02. The molecule has 1 amide bonds. The molecule has 0 aromatic heterocycles. The number of rotatable bonds is 7. The number of carbonyl (C=O) groups is 2. The van der Waals surface area contributed by atoms with Gasteiger partial charge in [0.2, 0.25) is 6.10 Å². The standard InChI is InChI=1S/C22H25NO5/c1-15(12-13-17-8-4-3-5-9-17)23-21(24)16(2)27-22(25)20-14-26-18-10-6-7-11-19(18)28-20/h3-11,15-16,20H,12-14H2,1-2H3,(H,23,24)/t15-,16+,20-/m0/s1. The molecule has 1 aliphatic heterocycles. The average molecular weight is 383 g/mol. The topological polar surface area (TPSA) is 73.9 Å². The summed E-state index contributed by atoms with van der Waals surface area (Å²) in [6.45, 7) is 3.54. The highest BCUT2D eigenvalue weighted by molar-refractivity contribution is 5.85. The van der Waals surface area contributed by atoms with E-state index in [2.05, 4.69) is 17.4 Å². The molecule has 0 spiro atoms. The number of benzene rings is 2. The number of amides is 1. The summed E-state index contributed by atoms with van der Waals surface area (Å²) < 4.78 is 16.4. The Morgan fingerprint density at radius 1 is 1.07 bits per heavy atom. The lowest BCUT2D eigenvalue weighted by atomic mass is 10.1. The molecule has 148 valence electrons. The first-order valence-electron chi connectivity index (χ1n) is 9.46. The van der Waals surface area contributed by atoms with Crippen LogP contribution in [0, 0.1) is 0 Å². The van der Waals surface area contributed by atoms with Gasteiger partial charge in [-0.2, -0.15) is 0 Å². The molecule has 0 saturated heterocycles. The summed E-state index contributed by atoms with van der Waals surface area (Å²) in [7, 11) is 0. The van der Waals surface area contributed by atoms with Crippen LogP contribution in [-0.4, -0.2) is 36.7 Å². The highest BCUT2D eigenvalue weighted by Crippen LogP contribution is 2.31. The Balaban J connectivity index is 1.44. The number of aryl methyl sites for hydroxylation is 1. The molecule has 2 aromatic rings. The summed E-state index contributed by atoms with van der Waals surface area (Å²) in [6.07, 6.45) is -0.135. The lowest BCUT2D eigenvalue weighted by Gasteiger charge is -2.26. The molecule has 0 fully saturated rings. The fraction of sp³-hybridized carbons (Fsp3) is 0.364. The van der Waals surface area contributed by atoms with Crippen molar-refractivity contribution in [3.63, 3.8) is 0 Å². The number of para-hydroxylation sites is 2. The number of hydrogen-bond acceptors (Lipinski definition) is 5. The smallest absolute Gasteiger partial charge is 0.351 e. The average Bonchev–Trinajstić information content (AvgIpc) is 2.72. The van der Waals surface area contributed by atoms with Gasteiger partial charge in [-0.05, 0) is 44.4 Å². The minimum Gasteiger partial charge on any atom is -0.485 e. The van der Waals surface area contributed by atoms with Crippen molar-refractivity contribution >= 4 is 11.9 Å². The molecule has 6 nitrogen and oxygen atoms in total. The number of carbonyl (C=O) groups excluding carboxylic acids is 2. The van der Waals surface area contributed by atoms with Crippen molar-refractivity contribution < 1.29 is 23.8 Å². The summed E-state index contributed by atoms with van der Waals surface area (Å²) in [5, 5.41) is 2.89. The highest BCUT2D eigenvalue weighted by atomic mass is 16.6. The van der Waals surface area contributed by atoms with Crippen LogP contribution in [0.5, 0.6) is 11.5 Å². The van der Waals surface area contributed by atoms with E-state index in [0.29, 0.717) is 11.5 Å². The van der Waals surface area contributed by atoms with Gasteiger partial charge in [0.1, 0.15) is 6.61 Å². The Labute approximate surface area is 164 Å². The van der Waals surface area contributed by atoms with Crippen molar-refractivity contribution in [1.29, 1.82) is 0 Å². The number of nitrogens with one attached hydrogen (secondary N) is 1. The van der Waals surface area contributed by atoms with E-state index in [1.54, 1.807) is 25.1 Å². The van der Waals surface area contributed by atoms with E-state index in [0.717, 1.165) is 12.8 Å². The maximum Gasteiger partial charge on any atom is 0.351 e. The van der Waals surface area contributed by atoms with Gasteiger partial charge in [-0.25, -0.2) is 4.79 Å². The summed E-state index contributed by atoms with van der Waals surface area (Å²) in [5.41, 5.74) is 1.22. The number of hydrogen-bond donors (Lipinski definition) is 1. The minimum absolute atomic E-state index is 0.0324. The highest BCUT2D eigenvalue weighted by Gasteiger charge is 2.31. The third-order valence-corrected chi connectivity index (χ3v) is 4.53. The maximum atomic E-state index is 12.3. The lowest BCUT2D eigenvalue weighted by Crippen LogP contribution is -2.44. The molecular weight excluding hydrogens is 358 g/mol. The van der Waals surface area contributed by atoms with E-state index in [9.17, 15) is 9.59 Å². The first kappa shape index (κ1) is 19.7. The van der Waals surface area contributed by atoms with E-state index >= 15 is 0 Å². The Morgan fingerprint density at radius 3 is 2.50 bits per heavy atom. The lowest BCUT2D eigenvalue weighted by molar-refractivity contribution is -0.163. The summed E-state index contributed by atoms with van der Waals surface area (Å²) in [5.74, 6) is 0.132. The SMILES string of the molecule is C[C@@H](CCc1ccccc1)NC(=O)[C@@H](C)OC(=O)[C@@H]1COc2ccccc2O1. The van der Waals surface area contributed by atoms with Crippen LogP contribution in [0.3, 0.4) is 0 Å². The molecule has 1 N–H and O–H groups in total. The van der Waals surface area contributed by atoms with Gasteiger partial charge >= 0.3 is 5.97 Å². The molecule has 0 radical (unpaired) electrons. The van der Waals surface area contributed by atoms with E-state index < -0.39 is 18.2 Å². The number of ether oxygens (including phenoxy) is 3. The molecular formula is C22H25NO5. The fourth-order valence-electron chi connectivity index (χ4n) is 2.90. The molecule has 28 heavy (non-hydrogen) atoms. The van der Waals surface area contributed by atoms with Crippen LogP contribution in [-0.2, 0) is 20.7 Å². The summed E-state index contributed by atoms with van der Waals surface area (Å²) in [4.78, 5) is 24.6. The predicted octanol–water partition coefficient (Wildman–Crippen LogP) is 2.90. The molecule has 3 rings (SSSR count). The summed E-state index contributed by atoms with van der Waals surface area (Å²) >= 11 is 0. The van der Waals surface area contributed by atoms with Crippen molar-refractivity contribution in [2.24, 2.45) is 0 Å². The van der Waals surface area contributed by atoms with Gasteiger partial charge in [0.15, 0.2) is 17.6 Å². The van der Waals surface area contributed by atoms with Crippen molar-refractivity contribution in [3.05, 3.63) is 60.2 Å². The van der Waals surface area contributed by atoms with Gasteiger partial charge in [-0.3, -0.25) is 4.79 Å². The molecule has 0 unspecified atom stereocenters. The van der Waals surface area contributed by atoms with E-state index in [4.69, 9.17) is 14.2 Å². The van der Waals surface area contributed by atoms with Gasteiger partial charge < -0.3 is 19.5 Å². The van der Waals surface area contributed by atoms with Crippen LogP contribution < -0.4 is 14.8 Å². The zero-order valence-corrected chi connectivity index (χ0v) is 16.1. The van der Waals surface area contributed by atoms with E-state index in [1.807, 2.05) is 31.2 Å². The van der Waals surface area contributed by atoms with E-state index in [1.165, 1.54) is 5.56 Å². The molecule has 0 bridgehead atoms. The van der Waals surface area contributed by atoms with Crippen LogP contribution in [0.15, 0.2) is 54.6 Å². The van der Waals surface area contributed by atoms with Gasteiger partial charge in [-0.1, -0.05) is 42.5 Å². The number of esters is 1. The van der Waals surface area contributed by atoms with Crippen LogP contribution in [0.1, 0.15) is 25.8 Å². The van der Waals surface area contributed by atoms with Gasteiger partial charge in [0, 0.05) is 6.04 Å². The largest absolute Gasteiger partial charge is 0.485 e. The Kier molecular flexibility index (Phi) is 6.53. The first-order valence-corrected chi connectivity index (χ1v) is 9.46. The second kappa shape index (κ2) is 9.26. The predicted molar refractivity (Wildman–Crippen MR) is 104 cm³/mol. The Morgan fingerprint density at radius 2 is 1.75 bits per heavy atom. The minimum atomic E-state index is -0.910. The van der Waals surface area contributed by atoms with Crippen LogP contribution in [0.2, 0.25) is 0 Å². The maximum absolute atomic E-state index is 12.3. The molecule has 3 atom stereocenters. The number of fused-ring (bicyclic) bond motifs is 1. The van der Waals surface area contributed by atoms with Crippen LogP contribution >= 0.6 is 0 Å². The van der Waals surface area contributed by atoms with Crippen molar-refractivity contribution in [1.82, 2.24) is 5.32 Å². The quantitative estimate of drug-likeness (QED) is 0.744. The van der Waals surface area contributed by atoms with Gasteiger partial charge in [0.05, 0.1) is 0 Å². The first-order chi connectivity index (χ1) is 13.5. The fourth-order valence-corrected chi connectivity index (χ4v) is 2.90. The summed E-state index contributed by atoms with van der Waals surface area (Å²) in [6, 6.07) is 17.2. The molecule has 6 heteroatoms. The third-order valence-electron chi connectivity index (χ3n) is 4.53. The zero-order chi connectivity index (χ0) is 19.9. The van der Waals surface area contributed by atoms with Gasteiger partial charge in [0.25, 0.3) is 5.91 Å². The second-order valence-electron chi connectivity index (χ2n) is 6.88. The van der Waals surface area contributed by atoms with Crippen LogP contribution in [0.4, 0.5) is 0 Å². The second-order valence-corrected chi connectivity index (χ2v) is 6.88. The molecule has 0 saturated carbocycles. The third kappa shape index (κ3) is 5.25. The van der Waals surface area contributed by atoms with Crippen molar-refractivity contribution in [2.45, 2.75) is 44.9 Å². The molecule has 2 aromatic carbocycles.